The van der Waals surface area contributed by atoms with E-state index in [4.69, 9.17) is 16.3 Å². The molecule has 0 spiro atoms. The van der Waals surface area contributed by atoms with Crippen molar-refractivity contribution >= 4 is 23.0 Å². The summed E-state index contributed by atoms with van der Waals surface area (Å²) in [6.45, 7) is 6.85. The van der Waals surface area contributed by atoms with Gasteiger partial charge in [-0.25, -0.2) is 0 Å². The third-order valence-corrected chi connectivity index (χ3v) is 8.16. The Morgan fingerprint density at radius 1 is 0.905 bits per heavy atom. The van der Waals surface area contributed by atoms with Crippen molar-refractivity contribution in [3.05, 3.63) is 146 Å². The van der Waals surface area contributed by atoms with Gasteiger partial charge in [0, 0.05) is 35.9 Å². The van der Waals surface area contributed by atoms with Gasteiger partial charge in [0.2, 0.25) is 0 Å². The number of Topliss-reactive ketones (excluding diaryl/α,β-unsaturated/α-hetero) is 1. The predicted octanol–water partition coefficient (Wildman–Crippen LogP) is 9.01. The topological polar surface area (TPSA) is 48.3 Å². The molecule has 0 aliphatic rings. The molecule has 3 aromatic carbocycles. The minimum atomic E-state index is -0.314. The van der Waals surface area contributed by atoms with E-state index >= 15 is 0 Å². The van der Waals surface area contributed by atoms with Crippen molar-refractivity contribution in [2.45, 2.75) is 52.7 Å². The first kappa shape index (κ1) is 31.2. The summed E-state index contributed by atoms with van der Waals surface area (Å²) in [5.74, 6) is 0.112. The number of pyridine rings is 1. The molecule has 0 bridgehead atoms. The SMILES string of the molecule is CCCC=C(CC(C)C(C)C(=O)c1cccc(C(OC)c2ccc(Cn3ccccc3=O)cc2)c1)c1cccc(Cl)c1. The Hall–Kier alpha value is -3.73. The number of hydrogen-bond acceptors (Lipinski definition) is 3. The van der Waals surface area contributed by atoms with Gasteiger partial charge >= 0.3 is 0 Å². The molecule has 4 aromatic rings. The first-order valence-electron chi connectivity index (χ1n) is 14.7. The molecule has 4 nitrogen and oxygen atoms in total. The lowest BCUT2D eigenvalue weighted by Crippen LogP contribution is -2.20. The van der Waals surface area contributed by atoms with Gasteiger partial charge in [0.05, 0.1) is 6.54 Å². The van der Waals surface area contributed by atoms with Crippen molar-refractivity contribution in [2.75, 3.05) is 7.11 Å². The van der Waals surface area contributed by atoms with Crippen molar-refractivity contribution in [1.82, 2.24) is 4.57 Å². The quantitative estimate of drug-likeness (QED) is 0.148. The summed E-state index contributed by atoms with van der Waals surface area (Å²) in [5, 5.41) is 0.720. The summed E-state index contributed by atoms with van der Waals surface area (Å²) in [5.41, 5.74) is 5.96. The van der Waals surface area contributed by atoms with Gasteiger partial charge in [0.15, 0.2) is 5.78 Å². The minimum absolute atomic E-state index is 0.0287. The molecule has 5 heteroatoms. The van der Waals surface area contributed by atoms with E-state index in [9.17, 15) is 9.59 Å². The van der Waals surface area contributed by atoms with E-state index < -0.39 is 0 Å². The van der Waals surface area contributed by atoms with Crippen molar-refractivity contribution in [1.29, 1.82) is 0 Å². The van der Waals surface area contributed by atoms with E-state index in [0.29, 0.717) is 12.1 Å². The highest BCUT2D eigenvalue weighted by molar-refractivity contribution is 6.30. The van der Waals surface area contributed by atoms with Gasteiger partial charge in [-0.3, -0.25) is 9.59 Å². The van der Waals surface area contributed by atoms with Gasteiger partial charge in [0.1, 0.15) is 6.10 Å². The van der Waals surface area contributed by atoms with Crippen LogP contribution in [0.25, 0.3) is 5.57 Å². The molecule has 0 amide bonds. The number of methoxy groups -OCH3 is 1. The Bertz CT molecular complexity index is 1570. The van der Waals surface area contributed by atoms with Crippen LogP contribution in [0, 0.1) is 11.8 Å². The Balaban J connectivity index is 1.49. The zero-order valence-electron chi connectivity index (χ0n) is 24.9. The predicted molar refractivity (Wildman–Crippen MR) is 173 cm³/mol. The smallest absolute Gasteiger partial charge is 0.250 e. The largest absolute Gasteiger partial charge is 0.372 e. The second-order valence-corrected chi connectivity index (χ2v) is 11.4. The number of hydrogen-bond donors (Lipinski definition) is 0. The molecule has 3 unspecified atom stereocenters. The minimum Gasteiger partial charge on any atom is -0.372 e. The third-order valence-electron chi connectivity index (χ3n) is 7.93. The zero-order valence-corrected chi connectivity index (χ0v) is 25.7. The average molecular weight is 582 g/mol. The summed E-state index contributed by atoms with van der Waals surface area (Å²) in [6, 6.07) is 29.0. The lowest BCUT2D eigenvalue weighted by molar-refractivity contribution is 0.0894. The molecule has 3 atom stereocenters. The molecule has 218 valence electrons. The van der Waals surface area contributed by atoms with E-state index in [1.165, 1.54) is 5.57 Å². The maximum absolute atomic E-state index is 13.7. The van der Waals surface area contributed by atoms with Crippen molar-refractivity contribution in [3.8, 4) is 0 Å². The Morgan fingerprint density at radius 2 is 1.64 bits per heavy atom. The number of aromatic nitrogens is 1. The Kier molecular flexibility index (Phi) is 11.1. The number of nitrogens with zero attached hydrogens (tertiary/aromatic N) is 1. The van der Waals surface area contributed by atoms with Crippen LogP contribution in [-0.4, -0.2) is 17.5 Å². The van der Waals surface area contributed by atoms with Crippen LogP contribution in [-0.2, 0) is 11.3 Å². The van der Waals surface area contributed by atoms with Crippen LogP contribution in [0.3, 0.4) is 0 Å². The Labute approximate surface area is 254 Å². The molecule has 1 aromatic heterocycles. The van der Waals surface area contributed by atoms with Crippen LogP contribution in [0.5, 0.6) is 0 Å². The van der Waals surface area contributed by atoms with E-state index in [2.05, 4.69) is 26.0 Å². The number of rotatable bonds is 13. The van der Waals surface area contributed by atoms with Gasteiger partial charge in [-0.05, 0) is 70.9 Å². The highest BCUT2D eigenvalue weighted by Gasteiger charge is 2.24. The Morgan fingerprint density at radius 3 is 2.33 bits per heavy atom. The highest BCUT2D eigenvalue weighted by atomic mass is 35.5. The molecular formula is C37H40ClNO3. The number of carbonyl (C=O) groups is 1. The van der Waals surface area contributed by atoms with Gasteiger partial charge < -0.3 is 9.30 Å². The molecule has 0 fully saturated rings. The van der Waals surface area contributed by atoms with Crippen LogP contribution in [0.4, 0.5) is 0 Å². The molecular weight excluding hydrogens is 542 g/mol. The van der Waals surface area contributed by atoms with Gasteiger partial charge in [0.25, 0.3) is 5.56 Å². The van der Waals surface area contributed by atoms with Crippen LogP contribution in [0.15, 0.2) is 108 Å². The number of carbonyl (C=O) groups excluding carboxylic acids is 1. The van der Waals surface area contributed by atoms with Crippen LogP contribution in [0.2, 0.25) is 5.02 Å². The summed E-state index contributed by atoms with van der Waals surface area (Å²) < 4.78 is 7.58. The number of ether oxygens (including phenoxy) is 1. The average Bonchev–Trinajstić information content (AvgIpc) is 3.01. The fourth-order valence-corrected chi connectivity index (χ4v) is 5.47. The molecule has 0 radical (unpaired) electrons. The van der Waals surface area contributed by atoms with E-state index in [1.807, 2.05) is 79.7 Å². The monoisotopic (exact) mass is 581 g/mol. The molecule has 0 aliphatic heterocycles. The molecule has 0 aliphatic carbocycles. The summed E-state index contributed by atoms with van der Waals surface area (Å²) >= 11 is 6.29. The summed E-state index contributed by atoms with van der Waals surface area (Å²) in [7, 11) is 1.68. The van der Waals surface area contributed by atoms with E-state index in [0.717, 1.165) is 46.5 Å². The second-order valence-electron chi connectivity index (χ2n) is 11.0. The number of ketones is 1. The molecule has 0 saturated heterocycles. The standard InChI is InChI=1S/C37H40ClNO3/c1-5-6-11-30(31-12-10-15-34(38)24-31)22-26(2)27(3)36(41)32-13-9-14-33(23-32)37(42-4)29-19-17-28(18-20-29)25-39-21-8-7-16-35(39)40/h7-21,23-24,26-27,37H,5-6,22,25H2,1-4H3. The van der Waals surface area contributed by atoms with Crippen molar-refractivity contribution in [2.24, 2.45) is 11.8 Å². The second kappa shape index (κ2) is 14.9. The number of benzene rings is 3. The lowest BCUT2D eigenvalue weighted by Gasteiger charge is -2.22. The molecule has 42 heavy (non-hydrogen) atoms. The van der Waals surface area contributed by atoms with Crippen LogP contribution < -0.4 is 5.56 Å². The highest BCUT2D eigenvalue weighted by Crippen LogP contribution is 2.32. The molecule has 0 N–H and O–H groups in total. The van der Waals surface area contributed by atoms with Gasteiger partial charge in [-0.1, -0.05) is 106 Å². The van der Waals surface area contributed by atoms with Crippen LogP contribution >= 0.6 is 11.6 Å². The summed E-state index contributed by atoms with van der Waals surface area (Å²) in [6.07, 6.45) is 6.62. The maximum atomic E-state index is 13.7. The van der Waals surface area contributed by atoms with E-state index in [-0.39, 0.29) is 29.3 Å². The lowest BCUT2D eigenvalue weighted by atomic mass is 9.82. The van der Waals surface area contributed by atoms with Crippen molar-refractivity contribution in [3.63, 3.8) is 0 Å². The fourth-order valence-electron chi connectivity index (χ4n) is 5.28. The van der Waals surface area contributed by atoms with Gasteiger partial charge in [-0.2, -0.15) is 0 Å². The molecule has 0 saturated carbocycles. The van der Waals surface area contributed by atoms with Crippen LogP contribution in [0.1, 0.15) is 78.7 Å². The first-order valence-corrected chi connectivity index (χ1v) is 15.0. The summed E-state index contributed by atoms with van der Waals surface area (Å²) in [4.78, 5) is 25.8. The molecule has 4 rings (SSSR count). The normalized spacial score (nSPS) is 13.9. The van der Waals surface area contributed by atoms with Gasteiger partial charge in [-0.15, -0.1) is 0 Å². The molecule has 1 heterocycles. The third kappa shape index (κ3) is 7.96. The van der Waals surface area contributed by atoms with E-state index in [1.54, 1.807) is 30.0 Å². The first-order chi connectivity index (χ1) is 20.3. The zero-order chi connectivity index (χ0) is 30.1. The number of halogens is 1. The maximum Gasteiger partial charge on any atom is 0.250 e. The number of unbranched alkanes of at least 4 members (excludes halogenated alkanes) is 1. The number of allylic oxidation sites excluding steroid dienone is 2. The fraction of sp³-hybridized carbons (Fsp3) is 0.297. The van der Waals surface area contributed by atoms with Crippen molar-refractivity contribution < 1.29 is 9.53 Å².